The molecular formula is C17H13ClN2O3. The zero-order chi connectivity index (χ0) is 16.6. The van der Waals surface area contributed by atoms with Crippen LogP contribution in [0, 0.1) is 11.3 Å². The first-order valence-corrected chi connectivity index (χ1v) is 7.17. The number of hydrogen-bond acceptors (Lipinski definition) is 5. The summed E-state index contributed by atoms with van der Waals surface area (Å²) in [6.45, 7) is 0. The van der Waals surface area contributed by atoms with Gasteiger partial charge < -0.3 is 20.3 Å². The molecule has 0 saturated carbocycles. The van der Waals surface area contributed by atoms with Crippen LogP contribution in [0.4, 0.5) is 0 Å². The molecule has 116 valence electrons. The standard InChI is InChI=1S/C17H13ClN2O3/c1-22-10-4-2-3-9(5-10)16-11-6-13(18)14(21)7-15(11)23-17(20)12(16)8-19/h2-7,16,21H,20H2,1H3/t16-/m1/s1. The van der Waals surface area contributed by atoms with Crippen LogP contribution in [0.15, 0.2) is 47.9 Å². The van der Waals surface area contributed by atoms with Gasteiger partial charge in [0.15, 0.2) is 0 Å². The number of ether oxygens (including phenoxy) is 2. The fourth-order valence-corrected chi connectivity index (χ4v) is 2.80. The van der Waals surface area contributed by atoms with Gasteiger partial charge in [0.25, 0.3) is 0 Å². The quantitative estimate of drug-likeness (QED) is 0.883. The Labute approximate surface area is 138 Å². The molecule has 0 aromatic heterocycles. The largest absolute Gasteiger partial charge is 0.506 e. The maximum absolute atomic E-state index is 9.77. The van der Waals surface area contributed by atoms with E-state index in [1.165, 1.54) is 6.07 Å². The fourth-order valence-electron chi connectivity index (χ4n) is 2.63. The summed E-state index contributed by atoms with van der Waals surface area (Å²) < 4.78 is 10.7. The first-order chi connectivity index (χ1) is 11.0. The summed E-state index contributed by atoms with van der Waals surface area (Å²) in [5.74, 6) is 0.488. The Bertz CT molecular complexity index is 855. The van der Waals surface area contributed by atoms with Crippen molar-refractivity contribution in [2.45, 2.75) is 5.92 Å². The number of nitrogens with two attached hydrogens (primary N) is 1. The van der Waals surface area contributed by atoms with Gasteiger partial charge in [0.2, 0.25) is 5.88 Å². The number of benzene rings is 2. The van der Waals surface area contributed by atoms with E-state index in [0.29, 0.717) is 17.1 Å². The number of methoxy groups -OCH3 is 1. The second kappa shape index (κ2) is 5.75. The lowest BCUT2D eigenvalue weighted by atomic mass is 9.83. The summed E-state index contributed by atoms with van der Waals surface area (Å²) in [6, 6.07) is 12.4. The molecule has 1 atom stereocenters. The van der Waals surface area contributed by atoms with E-state index in [1.54, 1.807) is 13.2 Å². The highest BCUT2D eigenvalue weighted by Gasteiger charge is 2.31. The maximum atomic E-state index is 9.77. The number of phenolic OH excluding ortho intramolecular Hbond substituents is 1. The zero-order valence-corrected chi connectivity index (χ0v) is 13.0. The van der Waals surface area contributed by atoms with Crippen LogP contribution in [0.2, 0.25) is 5.02 Å². The lowest BCUT2D eigenvalue weighted by Crippen LogP contribution is -2.21. The summed E-state index contributed by atoms with van der Waals surface area (Å²) in [5, 5.41) is 19.4. The summed E-state index contributed by atoms with van der Waals surface area (Å²) >= 11 is 6.02. The first-order valence-electron chi connectivity index (χ1n) is 6.79. The predicted molar refractivity (Wildman–Crippen MR) is 85.4 cm³/mol. The van der Waals surface area contributed by atoms with Gasteiger partial charge in [-0.15, -0.1) is 0 Å². The van der Waals surface area contributed by atoms with Crippen LogP contribution in [-0.4, -0.2) is 12.2 Å². The third kappa shape index (κ3) is 2.54. The lowest BCUT2D eigenvalue weighted by Gasteiger charge is -2.27. The fraction of sp³-hybridized carbons (Fsp3) is 0.118. The number of nitrogens with zero attached hydrogens (tertiary/aromatic N) is 1. The van der Waals surface area contributed by atoms with Crippen LogP contribution < -0.4 is 15.2 Å². The molecule has 23 heavy (non-hydrogen) atoms. The van der Waals surface area contributed by atoms with Gasteiger partial charge in [-0.2, -0.15) is 5.26 Å². The molecule has 0 saturated heterocycles. The minimum atomic E-state index is -0.447. The lowest BCUT2D eigenvalue weighted by molar-refractivity contribution is 0.387. The number of allylic oxidation sites excluding steroid dienone is 1. The molecule has 2 aromatic carbocycles. The molecule has 3 rings (SSSR count). The number of halogens is 1. The summed E-state index contributed by atoms with van der Waals surface area (Å²) in [4.78, 5) is 0. The predicted octanol–water partition coefficient (Wildman–Crippen LogP) is 3.27. The molecule has 0 unspecified atom stereocenters. The molecule has 1 aliphatic rings. The minimum Gasteiger partial charge on any atom is -0.506 e. The number of rotatable bonds is 2. The van der Waals surface area contributed by atoms with Gasteiger partial charge in [-0.1, -0.05) is 23.7 Å². The highest BCUT2D eigenvalue weighted by Crippen LogP contribution is 2.45. The van der Waals surface area contributed by atoms with Gasteiger partial charge >= 0.3 is 0 Å². The first kappa shape index (κ1) is 15.1. The molecule has 1 aliphatic heterocycles. The smallest absolute Gasteiger partial charge is 0.205 e. The summed E-state index contributed by atoms with van der Waals surface area (Å²) in [5.41, 5.74) is 7.64. The highest BCUT2D eigenvalue weighted by molar-refractivity contribution is 6.32. The monoisotopic (exact) mass is 328 g/mol. The van der Waals surface area contributed by atoms with Gasteiger partial charge in [-0.3, -0.25) is 0 Å². The Morgan fingerprint density at radius 3 is 2.83 bits per heavy atom. The van der Waals surface area contributed by atoms with Crippen molar-refractivity contribution in [1.29, 1.82) is 5.26 Å². The number of phenols is 1. The molecule has 0 radical (unpaired) electrons. The number of aromatic hydroxyl groups is 1. The van der Waals surface area contributed by atoms with Gasteiger partial charge in [0.1, 0.15) is 28.9 Å². The van der Waals surface area contributed by atoms with Gasteiger partial charge in [0.05, 0.1) is 18.1 Å². The van der Waals surface area contributed by atoms with E-state index in [1.807, 2.05) is 24.3 Å². The molecule has 2 aromatic rings. The Hall–Kier alpha value is -2.84. The van der Waals surface area contributed by atoms with Gasteiger partial charge in [-0.25, -0.2) is 0 Å². The van der Waals surface area contributed by atoms with Crippen molar-refractivity contribution in [3.05, 3.63) is 64.0 Å². The third-order valence-corrected chi connectivity index (χ3v) is 4.01. The number of fused-ring (bicyclic) bond motifs is 1. The molecular weight excluding hydrogens is 316 g/mol. The molecule has 0 aliphatic carbocycles. The van der Waals surface area contributed by atoms with E-state index >= 15 is 0 Å². The van der Waals surface area contributed by atoms with Crippen molar-refractivity contribution >= 4 is 11.6 Å². The van der Waals surface area contributed by atoms with E-state index in [2.05, 4.69) is 6.07 Å². The molecule has 0 spiro atoms. The average Bonchev–Trinajstić information content (AvgIpc) is 2.55. The Morgan fingerprint density at radius 2 is 2.13 bits per heavy atom. The highest BCUT2D eigenvalue weighted by atomic mass is 35.5. The molecule has 1 heterocycles. The Morgan fingerprint density at radius 1 is 1.35 bits per heavy atom. The van der Waals surface area contributed by atoms with Crippen LogP contribution in [0.3, 0.4) is 0 Å². The van der Waals surface area contributed by atoms with Crippen molar-refractivity contribution in [3.8, 4) is 23.3 Å². The van der Waals surface area contributed by atoms with Crippen LogP contribution in [0.5, 0.6) is 17.2 Å². The van der Waals surface area contributed by atoms with Crippen LogP contribution in [0.25, 0.3) is 0 Å². The number of nitriles is 1. The van der Waals surface area contributed by atoms with E-state index in [0.717, 1.165) is 5.56 Å². The molecule has 5 nitrogen and oxygen atoms in total. The molecule has 0 bridgehead atoms. The second-order valence-electron chi connectivity index (χ2n) is 5.04. The van der Waals surface area contributed by atoms with Crippen molar-refractivity contribution in [1.82, 2.24) is 0 Å². The van der Waals surface area contributed by atoms with Gasteiger partial charge in [-0.05, 0) is 23.8 Å². The maximum Gasteiger partial charge on any atom is 0.205 e. The number of hydrogen-bond donors (Lipinski definition) is 2. The minimum absolute atomic E-state index is 0.00884. The average molecular weight is 329 g/mol. The van der Waals surface area contributed by atoms with E-state index < -0.39 is 5.92 Å². The molecule has 6 heteroatoms. The van der Waals surface area contributed by atoms with E-state index in [4.69, 9.17) is 26.8 Å². The van der Waals surface area contributed by atoms with Crippen molar-refractivity contribution in [2.24, 2.45) is 5.73 Å². The Balaban J connectivity index is 2.24. The SMILES string of the molecule is COc1cccc([C@H]2C(C#N)=C(N)Oc3cc(O)c(Cl)cc32)c1. The molecule has 0 amide bonds. The van der Waals surface area contributed by atoms with Crippen LogP contribution >= 0.6 is 11.6 Å². The van der Waals surface area contributed by atoms with Crippen LogP contribution in [0.1, 0.15) is 17.0 Å². The molecule has 3 N–H and O–H groups in total. The van der Waals surface area contributed by atoms with Crippen molar-refractivity contribution < 1.29 is 14.6 Å². The van der Waals surface area contributed by atoms with Crippen molar-refractivity contribution in [3.63, 3.8) is 0 Å². The van der Waals surface area contributed by atoms with E-state index in [9.17, 15) is 10.4 Å². The van der Waals surface area contributed by atoms with Crippen molar-refractivity contribution in [2.75, 3.05) is 7.11 Å². The Kier molecular flexibility index (Phi) is 3.77. The second-order valence-corrected chi connectivity index (χ2v) is 5.45. The third-order valence-electron chi connectivity index (χ3n) is 3.71. The topological polar surface area (TPSA) is 88.5 Å². The van der Waals surface area contributed by atoms with Gasteiger partial charge in [0, 0.05) is 11.6 Å². The normalized spacial score (nSPS) is 16.3. The molecule has 0 fully saturated rings. The summed E-state index contributed by atoms with van der Waals surface area (Å²) in [6.07, 6.45) is 0. The van der Waals surface area contributed by atoms with E-state index in [-0.39, 0.29) is 22.2 Å². The summed E-state index contributed by atoms with van der Waals surface area (Å²) in [7, 11) is 1.57. The zero-order valence-electron chi connectivity index (χ0n) is 12.2. The van der Waals surface area contributed by atoms with Crippen LogP contribution in [-0.2, 0) is 0 Å².